The molecule has 0 aliphatic carbocycles. The van der Waals surface area contributed by atoms with E-state index in [1.807, 2.05) is 19.9 Å². The van der Waals surface area contributed by atoms with Crippen molar-refractivity contribution in [2.24, 2.45) is 5.73 Å². The van der Waals surface area contributed by atoms with E-state index in [0.717, 1.165) is 27.8 Å². The number of hydrogen-bond acceptors (Lipinski definition) is 4. The van der Waals surface area contributed by atoms with Crippen LogP contribution in [0.3, 0.4) is 0 Å². The van der Waals surface area contributed by atoms with E-state index in [9.17, 15) is 0 Å². The molecule has 0 amide bonds. The standard InChI is InChI=1S/C12H14BrN3S/c1-7-3-11(8(2)16-15-7)12(14)5-10-4-9(13)6-17-10/h3-4,6,12H,5,14H2,1-2H3. The van der Waals surface area contributed by atoms with Crippen LogP contribution < -0.4 is 5.73 Å². The summed E-state index contributed by atoms with van der Waals surface area (Å²) in [7, 11) is 0. The molecule has 0 spiro atoms. The Morgan fingerprint density at radius 3 is 2.76 bits per heavy atom. The van der Waals surface area contributed by atoms with Gasteiger partial charge in [0.1, 0.15) is 0 Å². The van der Waals surface area contributed by atoms with Gasteiger partial charge < -0.3 is 5.73 Å². The zero-order valence-corrected chi connectivity index (χ0v) is 12.2. The lowest BCUT2D eigenvalue weighted by atomic mass is 10.0. The first-order valence-corrected chi connectivity index (χ1v) is 7.03. The van der Waals surface area contributed by atoms with Gasteiger partial charge in [-0.25, -0.2) is 0 Å². The molecule has 0 aliphatic heterocycles. The van der Waals surface area contributed by atoms with Gasteiger partial charge in [0.2, 0.25) is 0 Å². The SMILES string of the molecule is Cc1cc(C(N)Cc2cc(Br)cs2)c(C)nn1. The molecule has 3 nitrogen and oxygen atoms in total. The summed E-state index contributed by atoms with van der Waals surface area (Å²) in [5.41, 5.74) is 9.14. The molecule has 2 rings (SSSR count). The minimum Gasteiger partial charge on any atom is -0.324 e. The number of aromatic nitrogens is 2. The fraction of sp³-hybridized carbons (Fsp3) is 0.333. The number of nitrogens with two attached hydrogens (primary N) is 1. The number of halogens is 1. The molecule has 2 heterocycles. The summed E-state index contributed by atoms with van der Waals surface area (Å²) in [6, 6.07) is 4.12. The summed E-state index contributed by atoms with van der Waals surface area (Å²) in [5, 5.41) is 10.2. The van der Waals surface area contributed by atoms with Gasteiger partial charge in [0, 0.05) is 27.2 Å². The highest BCUT2D eigenvalue weighted by Gasteiger charge is 2.12. The first-order chi connectivity index (χ1) is 8.06. The second kappa shape index (κ2) is 5.25. The fourth-order valence-electron chi connectivity index (χ4n) is 1.73. The van der Waals surface area contributed by atoms with Crippen LogP contribution in [0, 0.1) is 13.8 Å². The number of rotatable bonds is 3. The van der Waals surface area contributed by atoms with Gasteiger partial charge >= 0.3 is 0 Å². The van der Waals surface area contributed by atoms with Crippen LogP contribution in [0.5, 0.6) is 0 Å². The first-order valence-electron chi connectivity index (χ1n) is 5.35. The van der Waals surface area contributed by atoms with Crippen molar-refractivity contribution in [3.05, 3.63) is 43.8 Å². The summed E-state index contributed by atoms with van der Waals surface area (Å²) in [5.74, 6) is 0. The Labute approximate surface area is 113 Å². The minimum atomic E-state index is -0.0188. The van der Waals surface area contributed by atoms with E-state index >= 15 is 0 Å². The Bertz CT molecular complexity index is 524. The van der Waals surface area contributed by atoms with Crippen molar-refractivity contribution in [2.45, 2.75) is 26.3 Å². The molecule has 90 valence electrons. The Balaban J connectivity index is 2.19. The van der Waals surface area contributed by atoms with Gasteiger partial charge in [-0.1, -0.05) is 0 Å². The zero-order valence-electron chi connectivity index (χ0n) is 9.77. The Kier molecular flexibility index (Phi) is 3.91. The molecule has 0 saturated heterocycles. The quantitative estimate of drug-likeness (QED) is 0.947. The molecule has 2 aromatic rings. The van der Waals surface area contributed by atoms with E-state index in [1.54, 1.807) is 11.3 Å². The summed E-state index contributed by atoms with van der Waals surface area (Å²) < 4.78 is 1.12. The molecule has 17 heavy (non-hydrogen) atoms. The molecule has 0 saturated carbocycles. The van der Waals surface area contributed by atoms with Crippen LogP contribution in [0.1, 0.15) is 27.9 Å². The second-order valence-corrected chi connectivity index (χ2v) is 5.98. The van der Waals surface area contributed by atoms with E-state index in [-0.39, 0.29) is 6.04 Å². The average molecular weight is 312 g/mol. The predicted octanol–water partition coefficient (Wildman–Crippen LogP) is 3.16. The monoisotopic (exact) mass is 311 g/mol. The second-order valence-electron chi connectivity index (χ2n) is 4.07. The maximum Gasteiger partial charge on any atom is 0.0648 e. The van der Waals surface area contributed by atoms with Crippen LogP contribution >= 0.6 is 27.3 Å². The third kappa shape index (κ3) is 3.12. The summed E-state index contributed by atoms with van der Waals surface area (Å²) in [6.07, 6.45) is 0.836. The van der Waals surface area contributed by atoms with Crippen LogP contribution in [-0.2, 0) is 6.42 Å². The van der Waals surface area contributed by atoms with Gasteiger partial charge in [0.25, 0.3) is 0 Å². The molecule has 2 N–H and O–H groups in total. The number of hydrogen-bond donors (Lipinski definition) is 1. The van der Waals surface area contributed by atoms with Gasteiger partial charge in [0.05, 0.1) is 11.4 Å². The molecule has 0 bridgehead atoms. The number of nitrogens with zero attached hydrogens (tertiary/aromatic N) is 2. The molecular weight excluding hydrogens is 298 g/mol. The number of aryl methyl sites for hydroxylation is 2. The zero-order chi connectivity index (χ0) is 12.4. The van der Waals surface area contributed by atoms with Crippen molar-refractivity contribution in [3.63, 3.8) is 0 Å². The topological polar surface area (TPSA) is 51.8 Å². The highest BCUT2D eigenvalue weighted by Crippen LogP contribution is 2.25. The molecule has 1 atom stereocenters. The van der Waals surface area contributed by atoms with Gasteiger partial charge in [-0.05, 0) is 47.5 Å². The van der Waals surface area contributed by atoms with Crippen molar-refractivity contribution < 1.29 is 0 Å². The molecule has 0 fully saturated rings. The average Bonchev–Trinajstić information content (AvgIpc) is 2.67. The molecule has 0 radical (unpaired) electrons. The summed E-state index contributed by atoms with van der Waals surface area (Å²) in [4.78, 5) is 1.28. The van der Waals surface area contributed by atoms with Gasteiger partial charge in [-0.3, -0.25) is 0 Å². The molecule has 0 aliphatic rings. The largest absolute Gasteiger partial charge is 0.324 e. The minimum absolute atomic E-state index is 0.0188. The Hall–Kier alpha value is -0.780. The summed E-state index contributed by atoms with van der Waals surface area (Å²) >= 11 is 5.17. The first kappa shape index (κ1) is 12.7. The van der Waals surface area contributed by atoms with Gasteiger partial charge in [0.15, 0.2) is 0 Å². The van der Waals surface area contributed by atoms with Crippen molar-refractivity contribution in [2.75, 3.05) is 0 Å². The van der Waals surface area contributed by atoms with Crippen LogP contribution in [0.4, 0.5) is 0 Å². The maximum atomic E-state index is 6.23. The van der Waals surface area contributed by atoms with Crippen LogP contribution in [0.2, 0.25) is 0 Å². The molecule has 1 unspecified atom stereocenters. The van der Waals surface area contributed by atoms with E-state index in [2.05, 4.69) is 37.6 Å². The Morgan fingerprint density at radius 2 is 2.12 bits per heavy atom. The van der Waals surface area contributed by atoms with Crippen molar-refractivity contribution >= 4 is 27.3 Å². The van der Waals surface area contributed by atoms with E-state index in [1.165, 1.54) is 4.88 Å². The van der Waals surface area contributed by atoms with E-state index in [4.69, 9.17) is 5.73 Å². The maximum absolute atomic E-state index is 6.23. The lowest BCUT2D eigenvalue weighted by Crippen LogP contribution is -2.15. The third-order valence-corrected chi connectivity index (χ3v) is 4.30. The summed E-state index contributed by atoms with van der Waals surface area (Å²) in [6.45, 7) is 3.89. The van der Waals surface area contributed by atoms with Crippen molar-refractivity contribution in [1.29, 1.82) is 0 Å². The lowest BCUT2D eigenvalue weighted by molar-refractivity contribution is 0.707. The van der Waals surface area contributed by atoms with Crippen LogP contribution in [0.25, 0.3) is 0 Å². The smallest absolute Gasteiger partial charge is 0.0648 e. The third-order valence-electron chi connectivity index (χ3n) is 2.58. The molecular formula is C12H14BrN3S. The highest BCUT2D eigenvalue weighted by molar-refractivity contribution is 9.10. The van der Waals surface area contributed by atoms with Crippen molar-refractivity contribution in [3.8, 4) is 0 Å². The lowest BCUT2D eigenvalue weighted by Gasteiger charge is -2.13. The molecule has 2 aromatic heterocycles. The fourth-order valence-corrected chi connectivity index (χ4v) is 3.24. The van der Waals surface area contributed by atoms with Gasteiger partial charge in [-0.15, -0.1) is 11.3 Å². The molecule has 5 heteroatoms. The highest BCUT2D eigenvalue weighted by atomic mass is 79.9. The normalized spacial score (nSPS) is 12.7. The van der Waals surface area contributed by atoms with Crippen molar-refractivity contribution in [1.82, 2.24) is 10.2 Å². The molecule has 0 aromatic carbocycles. The van der Waals surface area contributed by atoms with E-state index in [0.29, 0.717) is 0 Å². The predicted molar refractivity (Wildman–Crippen MR) is 74.2 cm³/mol. The van der Waals surface area contributed by atoms with Crippen LogP contribution in [0.15, 0.2) is 22.0 Å². The Morgan fingerprint density at radius 1 is 1.35 bits per heavy atom. The van der Waals surface area contributed by atoms with E-state index < -0.39 is 0 Å². The van der Waals surface area contributed by atoms with Gasteiger partial charge in [-0.2, -0.15) is 10.2 Å². The van der Waals surface area contributed by atoms with Crippen LogP contribution in [-0.4, -0.2) is 10.2 Å². The number of thiophene rings is 1.